The van der Waals surface area contributed by atoms with Crippen LogP contribution >= 0.6 is 23.2 Å². The van der Waals surface area contributed by atoms with E-state index in [-0.39, 0.29) is 5.91 Å². The van der Waals surface area contributed by atoms with Gasteiger partial charge in [-0.15, -0.1) is 0 Å². The van der Waals surface area contributed by atoms with Gasteiger partial charge in [-0.25, -0.2) is 0 Å². The average molecular weight is 295 g/mol. The Morgan fingerprint density at radius 1 is 1.11 bits per heavy atom. The van der Waals surface area contributed by atoms with E-state index in [2.05, 4.69) is 5.32 Å². The molecule has 0 heterocycles. The minimum Gasteiger partial charge on any atom is -0.397 e. The molecule has 0 spiro atoms. The fourth-order valence-electron chi connectivity index (χ4n) is 1.56. The number of carbonyl (C=O) groups excluding carboxylic acids is 1. The zero-order valence-corrected chi connectivity index (χ0v) is 11.7. The van der Waals surface area contributed by atoms with Crippen LogP contribution in [-0.4, -0.2) is 5.91 Å². The molecule has 0 aliphatic carbocycles. The Hall–Kier alpha value is -1.71. The van der Waals surface area contributed by atoms with Crippen molar-refractivity contribution in [3.05, 3.63) is 57.6 Å². The van der Waals surface area contributed by atoms with Gasteiger partial charge in [0.25, 0.3) is 5.91 Å². The monoisotopic (exact) mass is 294 g/mol. The van der Waals surface area contributed by atoms with Gasteiger partial charge in [0.1, 0.15) is 0 Å². The fraction of sp³-hybridized carbons (Fsp3) is 0.0714. The van der Waals surface area contributed by atoms with Crippen molar-refractivity contribution in [2.75, 3.05) is 11.1 Å². The summed E-state index contributed by atoms with van der Waals surface area (Å²) in [6.07, 6.45) is 0. The van der Waals surface area contributed by atoms with Crippen molar-refractivity contribution in [2.24, 2.45) is 0 Å². The maximum absolute atomic E-state index is 12.0. The summed E-state index contributed by atoms with van der Waals surface area (Å²) in [4.78, 5) is 12.0. The number of hydrogen-bond donors (Lipinski definition) is 2. The van der Waals surface area contributed by atoms with Gasteiger partial charge < -0.3 is 11.1 Å². The van der Waals surface area contributed by atoms with Crippen LogP contribution in [0.15, 0.2) is 36.4 Å². The molecule has 0 aliphatic rings. The lowest BCUT2D eigenvalue weighted by Crippen LogP contribution is -2.12. The lowest BCUT2D eigenvalue weighted by atomic mass is 10.1. The number of carbonyl (C=O) groups is 1. The van der Waals surface area contributed by atoms with E-state index in [9.17, 15) is 4.79 Å². The minimum atomic E-state index is -0.247. The molecule has 0 saturated heterocycles. The third-order valence-electron chi connectivity index (χ3n) is 2.65. The summed E-state index contributed by atoms with van der Waals surface area (Å²) in [6, 6.07) is 10.3. The highest BCUT2D eigenvalue weighted by atomic mass is 35.5. The third kappa shape index (κ3) is 3.19. The van der Waals surface area contributed by atoms with Gasteiger partial charge in [0.2, 0.25) is 0 Å². The molecule has 2 rings (SSSR count). The van der Waals surface area contributed by atoms with Crippen molar-refractivity contribution in [3.8, 4) is 0 Å². The van der Waals surface area contributed by atoms with E-state index in [0.717, 1.165) is 5.56 Å². The summed E-state index contributed by atoms with van der Waals surface area (Å²) >= 11 is 11.9. The predicted octanol–water partition coefficient (Wildman–Crippen LogP) is 4.14. The molecule has 3 nitrogen and oxygen atoms in total. The molecule has 98 valence electrons. The van der Waals surface area contributed by atoms with Gasteiger partial charge in [0.15, 0.2) is 0 Å². The van der Waals surface area contributed by atoms with Crippen LogP contribution in [0.2, 0.25) is 10.0 Å². The minimum absolute atomic E-state index is 0.247. The zero-order valence-electron chi connectivity index (χ0n) is 10.2. The summed E-state index contributed by atoms with van der Waals surface area (Å²) in [7, 11) is 0. The molecule has 5 heteroatoms. The molecule has 0 radical (unpaired) electrons. The molecule has 2 aromatic carbocycles. The van der Waals surface area contributed by atoms with Crippen LogP contribution in [0.5, 0.6) is 0 Å². The molecule has 0 aromatic heterocycles. The van der Waals surface area contributed by atoms with Crippen LogP contribution in [0, 0.1) is 6.92 Å². The van der Waals surface area contributed by atoms with Gasteiger partial charge in [0, 0.05) is 5.56 Å². The number of benzene rings is 2. The van der Waals surface area contributed by atoms with E-state index in [1.54, 1.807) is 12.1 Å². The molecular weight excluding hydrogens is 283 g/mol. The maximum atomic E-state index is 12.0. The van der Waals surface area contributed by atoms with E-state index in [0.29, 0.717) is 27.0 Å². The van der Waals surface area contributed by atoms with Crippen molar-refractivity contribution in [1.82, 2.24) is 0 Å². The number of rotatable bonds is 2. The lowest BCUT2D eigenvalue weighted by Gasteiger charge is -2.09. The number of halogens is 2. The van der Waals surface area contributed by atoms with E-state index in [1.165, 1.54) is 12.1 Å². The maximum Gasteiger partial charge on any atom is 0.255 e. The topological polar surface area (TPSA) is 55.1 Å². The molecule has 0 saturated carbocycles. The SMILES string of the molecule is Cc1ccc(C(=O)Nc2cc(Cl)c(N)cc2Cl)cc1. The van der Waals surface area contributed by atoms with Crippen molar-refractivity contribution in [3.63, 3.8) is 0 Å². The smallest absolute Gasteiger partial charge is 0.255 e. The molecule has 2 aromatic rings. The van der Waals surface area contributed by atoms with Crippen molar-refractivity contribution < 1.29 is 4.79 Å². The number of anilines is 2. The van der Waals surface area contributed by atoms with E-state index >= 15 is 0 Å². The summed E-state index contributed by atoms with van der Waals surface area (Å²) in [5.74, 6) is -0.247. The second-order valence-electron chi connectivity index (χ2n) is 4.17. The largest absolute Gasteiger partial charge is 0.397 e. The van der Waals surface area contributed by atoms with Crippen LogP contribution < -0.4 is 11.1 Å². The van der Waals surface area contributed by atoms with Gasteiger partial charge in [-0.1, -0.05) is 40.9 Å². The van der Waals surface area contributed by atoms with Crippen LogP contribution in [0.3, 0.4) is 0 Å². The number of nitrogen functional groups attached to an aromatic ring is 1. The molecule has 3 N–H and O–H groups in total. The predicted molar refractivity (Wildman–Crippen MR) is 80.0 cm³/mol. The number of nitrogens with two attached hydrogens (primary N) is 1. The molecule has 0 atom stereocenters. The molecule has 0 fully saturated rings. The standard InChI is InChI=1S/C14H12Cl2N2O/c1-8-2-4-9(5-3-8)14(19)18-13-7-10(15)12(17)6-11(13)16/h2-7H,17H2,1H3,(H,18,19). The average Bonchev–Trinajstić information content (AvgIpc) is 2.36. The Morgan fingerprint density at radius 2 is 1.74 bits per heavy atom. The molecule has 0 bridgehead atoms. The van der Waals surface area contributed by atoms with Crippen molar-refractivity contribution >= 4 is 40.5 Å². The first-order valence-electron chi connectivity index (χ1n) is 5.60. The van der Waals surface area contributed by atoms with Gasteiger partial charge in [-0.3, -0.25) is 4.79 Å². The number of hydrogen-bond acceptors (Lipinski definition) is 2. The van der Waals surface area contributed by atoms with Crippen LogP contribution in [-0.2, 0) is 0 Å². The van der Waals surface area contributed by atoms with Crippen LogP contribution in [0.25, 0.3) is 0 Å². The number of nitrogens with one attached hydrogen (secondary N) is 1. The van der Waals surface area contributed by atoms with Gasteiger partial charge >= 0.3 is 0 Å². The molecule has 0 unspecified atom stereocenters. The lowest BCUT2D eigenvalue weighted by molar-refractivity contribution is 0.102. The van der Waals surface area contributed by atoms with Crippen molar-refractivity contribution in [1.29, 1.82) is 0 Å². The quantitative estimate of drug-likeness (QED) is 0.818. The highest BCUT2D eigenvalue weighted by Gasteiger charge is 2.10. The van der Waals surface area contributed by atoms with E-state index in [4.69, 9.17) is 28.9 Å². The van der Waals surface area contributed by atoms with Gasteiger partial charge in [0.05, 0.1) is 21.4 Å². The van der Waals surface area contributed by atoms with Crippen molar-refractivity contribution in [2.45, 2.75) is 6.92 Å². The Balaban J connectivity index is 2.24. The van der Waals surface area contributed by atoms with Crippen LogP contribution in [0.4, 0.5) is 11.4 Å². The second kappa shape index (κ2) is 5.51. The summed E-state index contributed by atoms with van der Waals surface area (Å²) < 4.78 is 0. The third-order valence-corrected chi connectivity index (χ3v) is 3.29. The Kier molecular flexibility index (Phi) is 3.98. The summed E-state index contributed by atoms with van der Waals surface area (Å²) in [6.45, 7) is 1.96. The summed E-state index contributed by atoms with van der Waals surface area (Å²) in [5, 5.41) is 3.40. The molecular formula is C14H12Cl2N2O. The Morgan fingerprint density at radius 3 is 2.37 bits per heavy atom. The molecule has 1 amide bonds. The number of amides is 1. The van der Waals surface area contributed by atoms with Gasteiger partial charge in [-0.2, -0.15) is 0 Å². The van der Waals surface area contributed by atoms with Gasteiger partial charge in [-0.05, 0) is 31.2 Å². The normalized spacial score (nSPS) is 10.3. The molecule has 0 aliphatic heterocycles. The first kappa shape index (κ1) is 13.7. The van der Waals surface area contributed by atoms with E-state index < -0.39 is 0 Å². The fourth-order valence-corrected chi connectivity index (χ4v) is 1.94. The zero-order chi connectivity index (χ0) is 14.0. The highest BCUT2D eigenvalue weighted by Crippen LogP contribution is 2.31. The first-order valence-corrected chi connectivity index (χ1v) is 6.35. The van der Waals surface area contributed by atoms with E-state index in [1.807, 2.05) is 19.1 Å². The van der Waals surface area contributed by atoms with Crippen LogP contribution in [0.1, 0.15) is 15.9 Å². The Labute approximate surface area is 121 Å². The Bertz CT molecular complexity index is 624. The molecule has 19 heavy (non-hydrogen) atoms. The highest BCUT2D eigenvalue weighted by molar-refractivity contribution is 6.37. The second-order valence-corrected chi connectivity index (χ2v) is 4.99. The first-order chi connectivity index (χ1) is 8.97. The summed E-state index contributed by atoms with van der Waals surface area (Å²) in [5.41, 5.74) is 8.07. The number of aryl methyl sites for hydroxylation is 1.